The third-order valence-electron chi connectivity index (χ3n) is 3.34. The molecule has 9 heteroatoms. The first-order chi connectivity index (χ1) is 12.1. The van der Waals surface area contributed by atoms with Gasteiger partial charge in [0.1, 0.15) is 12.4 Å². The predicted molar refractivity (Wildman–Crippen MR) is 88.1 cm³/mol. The summed E-state index contributed by atoms with van der Waals surface area (Å²) in [5, 5.41) is 8.93. The predicted octanol–water partition coefficient (Wildman–Crippen LogP) is 2.86. The molecule has 3 aromatic rings. The van der Waals surface area contributed by atoms with Crippen LogP contribution < -0.4 is 10.6 Å². The molecule has 25 heavy (non-hydrogen) atoms. The lowest BCUT2D eigenvalue weighted by molar-refractivity contribution is 0.122. The molecule has 0 fully saturated rings. The second-order valence-corrected chi connectivity index (χ2v) is 5.23. The van der Waals surface area contributed by atoms with Gasteiger partial charge in [0.05, 0.1) is 18.4 Å². The van der Waals surface area contributed by atoms with Crippen LogP contribution in [0.4, 0.5) is 19.4 Å². The van der Waals surface area contributed by atoms with Gasteiger partial charge in [-0.05, 0) is 5.56 Å². The number of rotatable bonds is 6. The van der Waals surface area contributed by atoms with Crippen LogP contribution in [0.25, 0.3) is 11.3 Å². The minimum atomic E-state index is -2.50. The van der Waals surface area contributed by atoms with E-state index in [1.54, 1.807) is 6.20 Å². The molecular formula is C16H16F2N6O. The average Bonchev–Trinajstić information content (AvgIpc) is 3.23. The molecule has 2 amide bonds. The summed E-state index contributed by atoms with van der Waals surface area (Å²) >= 11 is 0. The fourth-order valence-corrected chi connectivity index (χ4v) is 2.21. The molecule has 0 aliphatic carbocycles. The molecule has 0 saturated carbocycles. The van der Waals surface area contributed by atoms with Crippen LogP contribution in [0.5, 0.6) is 0 Å². The van der Waals surface area contributed by atoms with E-state index in [1.165, 1.54) is 12.3 Å². The number of urea groups is 1. The molecule has 2 aromatic heterocycles. The van der Waals surface area contributed by atoms with E-state index >= 15 is 0 Å². The van der Waals surface area contributed by atoms with Gasteiger partial charge in [-0.2, -0.15) is 5.10 Å². The Hall–Kier alpha value is -3.23. The van der Waals surface area contributed by atoms with Gasteiger partial charge in [-0.15, -0.1) is 0 Å². The molecule has 0 aliphatic rings. The Bertz CT molecular complexity index is 830. The van der Waals surface area contributed by atoms with Gasteiger partial charge in [0, 0.05) is 12.3 Å². The Kier molecular flexibility index (Phi) is 5.03. The van der Waals surface area contributed by atoms with Crippen molar-refractivity contribution in [1.29, 1.82) is 0 Å². The van der Waals surface area contributed by atoms with Crippen molar-refractivity contribution < 1.29 is 13.6 Å². The Labute approximate surface area is 142 Å². The second kappa shape index (κ2) is 7.56. The lowest BCUT2D eigenvalue weighted by Crippen LogP contribution is -2.28. The first kappa shape index (κ1) is 16.6. The number of alkyl halides is 2. The monoisotopic (exact) mass is 346 g/mol. The van der Waals surface area contributed by atoms with Crippen molar-refractivity contribution >= 4 is 11.8 Å². The number of nitrogens with one attached hydrogen (secondary N) is 3. The van der Waals surface area contributed by atoms with E-state index in [0.717, 1.165) is 15.9 Å². The summed E-state index contributed by atoms with van der Waals surface area (Å²) in [6, 6.07) is 10.6. The number of halogens is 2. The first-order valence-electron chi connectivity index (χ1n) is 7.56. The highest BCUT2D eigenvalue weighted by Gasteiger charge is 2.09. The van der Waals surface area contributed by atoms with Crippen molar-refractivity contribution in [3.8, 4) is 11.3 Å². The number of hydrogen-bond acceptors (Lipinski definition) is 3. The largest absolute Gasteiger partial charge is 0.341 e. The number of nitrogens with zero attached hydrogens (tertiary/aromatic N) is 3. The Morgan fingerprint density at radius 2 is 2.04 bits per heavy atom. The summed E-state index contributed by atoms with van der Waals surface area (Å²) in [6.45, 7) is -0.325. The molecule has 0 radical (unpaired) electrons. The molecule has 0 bridgehead atoms. The molecule has 3 N–H and O–H groups in total. The third kappa shape index (κ3) is 4.63. The number of imidazole rings is 1. The van der Waals surface area contributed by atoms with Crippen LogP contribution in [-0.4, -0.2) is 32.2 Å². The molecule has 130 valence electrons. The van der Waals surface area contributed by atoms with Crippen molar-refractivity contribution in [3.05, 3.63) is 54.6 Å². The van der Waals surface area contributed by atoms with E-state index in [0.29, 0.717) is 5.82 Å². The molecule has 7 nitrogen and oxygen atoms in total. The Balaban J connectivity index is 1.51. The second-order valence-electron chi connectivity index (χ2n) is 5.23. The standard InChI is InChI=1S/C16H16F2N6O/c17-13(18)10-24-7-6-14(23-24)22-16(25)20-9-15-19-8-12(21-15)11-4-2-1-3-5-11/h1-8,13H,9-10H2,(H,19,21)(H2,20,22,23,25). The van der Waals surface area contributed by atoms with Gasteiger partial charge in [0.2, 0.25) is 0 Å². The maximum Gasteiger partial charge on any atom is 0.320 e. The zero-order valence-electron chi connectivity index (χ0n) is 13.1. The minimum absolute atomic E-state index is 0.191. The molecule has 3 rings (SSSR count). The molecule has 0 unspecified atom stereocenters. The number of aromatic amines is 1. The number of carbonyl (C=O) groups is 1. The zero-order chi connectivity index (χ0) is 17.6. The third-order valence-corrected chi connectivity index (χ3v) is 3.34. The Morgan fingerprint density at radius 3 is 2.80 bits per heavy atom. The van der Waals surface area contributed by atoms with Crippen LogP contribution in [0.1, 0.15) is 5.82 Å². The van der Waals surface area contributed by atoms with Gasteiger partial charge in [-0.3, -0.25) is 10.00 Å². The summed E-state index contributed by atoms with van der Waals surface area (Å²) in [7, 11) is 0. The topological polar surface area (TPSA) is 87.6 Å². The van der Waals surface area contributed by atoms with Crippen molar-refractivity contribution in [3.63, 3.8) is 0 Å². The summed E-state index contributed by atoms with van der Waals surface area (Å²) in [5.41, 5.74) is 1.85. The number of amides is 2. The molecule has 0 spiro atoms. The van der Waals surface area contributed by atoms with E-state index in [9.17, 15) is 13.6 Å². The Morgan fingerprint density at radius 1 is 1.24 bits per heavy atom. The van der Waals surface area contributed by atoms with E-state index in [-0.39, 0.29) is 12.4 Å². The van der Waals surface area contributed by atoms with Crippen LogP contribution in [-0.2, 0) is 13.1 Å². The lowest BCUT2D eigenvalue weighted by Gasteiger charge is -2.04. The average molecular weight is 346 g/mol. The van der Waals surface area contributed by atoms with Gasteiger partial charge in [-0.25, -0.2) is 18.6 Å². The number of H-pyrrole nitrogens is 1. The minimum Gasteiger partial charge on any atom is -0.341 e. The fraction of sp³-hybridized carbons (Fsp3) is 0.188. The van der Waals surface area contributed by atoms with E-state index in [2.05, 4.69) is 25.7 Å². The highest BCUT2D eigenvalue weighted by molar-refractivity contribution is 5.88. The van der Waals surface area contributed by atoms with Gasteiger partial charge >= 0.3 is 6.03 Å². The normalized spacial score (nSPS) is 10.8. The number of carbonyl (C=O) groups excluding carboxylic acids is 1. The van der Waals surface area contributed by atoms with E-state index in [1.807, 2.05) is 30.3 Å². The number of anilines is 1. The van der Waals surface area contributed by atoms with Crippen LogP contribution in [0.3, 0.4) is 0 Å². The van der Waals surface area contributed by atoms with Gasteiger partial charge in [0.25, 0.3) is 6.43 Å². The van der Waals surface area contributed by atoms with Crippen LogP contribution >= 0.6 is 0 Å². The molecular weight excluding hydrogens is 330 g/mol. The number of benzene rings is 1. The highest BCUT2D eigenvalue weighted by atomic mass is 19.3. The zero-order valence-corrected chi connectivity index (χ0v) is 13.1. The highest BCUT2D eigenvalue weighted by Crippen LogP contribution is 2.15. The van der Waals surface area contributed by atoms with E-state index < -0.39 is 19.0 Å². The molecule has 0 atom stereocenters. The SMILES string of the molecule is O=C(NCc1ncc(-c2ccccc2)[nH]1)Nc1ccn(CC(F)F)n1. The van der Waals surface area contributed by atoms with Crippen molar-refractivity contribution in [2.45, 2.75) is 19.5 Å². The number of hydrogen-bond donors (Lipinski definition) is 3. The lowest BCUT2D eigenvalue weighted by atomic mass is 10.2. The summed E-state index contributed by atoms with van der Waals surface area (Å²) < 4.78 is 25.6. The van der Waals surface area contributed by atoms with Crippen LogP contribution in [0.15, 0.2) is 48.8 Å². The maximum atomic E-state index is 12.3. The van der Waals surface area contributed by atoms with Crippen LogP contribution in [0.2, 0.25) is 0 Å². The first-order valence-corrected chi connectivity index (χ1v) is 7.56. The van der Waals surface area contributed by atoms with Crippen molar-refractivity contribution in [2.75, 3.05) is 5.32 Å². The summed E-state index contributed by atoms with van der Waals surface area (Å²) in [6.07, 6.45) is 0.566. The summed E-state index contributed by atoms with van der Waals surface area (Å²) in [4.78, 5) is 19.2. The van der Waals surface area contributed by atoms with Gasteiger partial charge < -0.3 is 10.3 Å². The fourth-order valence-electron chi connectivity index (χ4n) is 2.21. The van der Waals surface area contributed by atoms with Crippen molar-refractivity contribution in [1.82, 2.24) is 25.1 Å². The summed E-state index contributed by atoms with van der Waals surface area (Å²) in [5.74, 6) is 0.791. The van der Waals surface area contributed by atoms with E-state index in [4.69, 9.17) is 0 Å². The maximum absolute atomic E-state index is 12.3. The van der Waals surface area contributed by atoms with Crippen LogP contribution in [0, 0.1) is 0 Å². The molecule has 0 saturated heterocycles. The molecule has 0 aliphatic heterocycles. The van der Waals surface area contributed by atoms with Gasteiger partial charge in [0.15, 0.2) is 5.82 Å². The number of aromatic nitrogens is 4. The van der Waals surface area contributed by atoms with Crippen molar-refractivity contribution in [2.24, 2.45) is 0 Å². The molecule has 1 aromatic carbocycles. The smallest absolute Gasteiger partial charge is 0.320 e. The van der Waals surface area contributed by atoms with Gasteiger partial charge in [-0.1, -0.05) is 30.3 Å². The molecule has 2 heterocycles. The quantitative estimate of drug-likeness (QED) is 0.641.